The van der Waals surface area contributed by atoms with Gasteiger partial charge in [-0.15, -0.1) is 0 Å². The first-order valence-electron chi connectivity index (χ1n) is 15.6. The fourth-order valence-corrected chi connectivity index (χ4v) is 4.82. The fourth-order valence-electron chi connectivity index (χ4n) is 4.82. The van der Waals surface area contributed by atoms with Crippen LogP contribution in [0.3, 0.4) is 0 Å². The van der Waals surface area contributed by atoms with E-state index in [1.807, 2.05) is 0 Å². The van der Waals surface area contributed by atoms with Crippen LogP contribution in [0.2, 0.25) is 0 Å². The van der Waals surface area contributed by atoms with Gasteiger partial charge in [-0.1, -0.05) is 87.1 Å². The van der Waals surface area contributed by atoms with Crippen LogP contribution in [0.4, 0.5) is 0 Å². The highest BCUT2D eigenvalue weighted by Gasteiger charge is 2.15. The largest absolute Gasteiger partial charge is 0.336 e. The van der Waals surface area contributed by atoms with Gasteiger partial charge in [-0.3, -0.25) is 0 Å². The third-order valence-electron chi connectivity index (χ3n) is 7.38. The average molecular weight is 613 g/mol. The molecule has 242 valence electrons. The summed E-state index contributed by atoms with van der Waals surface area (Å²) in [6.45, 7) is 8.18. The Labute approximate surface area is 257 Å². The lowest BCUT2D eigenvalue weighted by atomic mass is 10.1. The summed E-state index contributed by atoms with van der Waals surface area (Å²) < 4.78 is 6.68. The SMILES string of the molecule is C/C=C/Cn1c(=O)n(C/C=C/C)c(=O)n(CCCCCCCCCCn2c(=O)n(C/C=C/C)c(=O)n(C/C=C/C)c2=O)c1=O. The van der Waals surface area contributed by atoms with E-state index in [0.29, 0.717) is 12.8 Å². The summed E-state index contributed by atoms with van der Waals surface area (Å²) in [7, 11) is 0. The molecule has 0 aliphatic carbocycles. The number of hydrogen-bond donors (Lipinski definition) is 0. The molecule has 0 bridgehead atoms. The molecule has 2 aromatic rings. The number of allylic oxidation sites excluding steroid dienone is 8. The van der Waals surface area contributed by atoms with Crippen molar-refractivity contribution in [3.8, 4) is 0 Å². The lowest BCUT2D eigenvalue weighted by Crippen LogP contribution is -2.54. The van der Waals surface area contributed by atoms with Crippen LogP contribution in [0.1, 0.15) is 79.1 Å². The Bertz CT molecular complexity index is 1460. The summed E-state index contributed by atoms with van der Waals surface area (Å²) in [5.74, 6) is 0. The van der Waals surface area contributed by atoms with Gasteiger partial charge in [-0.05, 0) is 40.5 Å². The second-order valence-corrected chi connectivity index (χ2v) is 10.5. The second-order valence-electron chi connectivity index (χ2n) is 10.5. The summed E-state index contributed by atoms with van der Waals surface area (Å²) in [6.07, 6.45) is 20.6. The van der Waals surface area contributed by atoms with Gasteiger partial charge in [0.1, 0.15) is 0 Å². The molecule has 12 nitrogen and oxygen atoms in total. The molecule has 0 saturated carbocycles. The summed E-state index contributed by atoms with van der Waals surface area (Å²) in [6, 6.07) is 0. The average Bonchev–Trinajstić information content (AvgIpc) is 3.00. The van der Waals surface area contributed by atoms with E-state index >= 15 is 0 Å². The van der Waals surface area contributed by atoms with E-state index in [1.54, 1.807) is 76.3 Å². The van der Waals surface area contributed by atoms with E-state index in [2.05, 4.69) is 0 Å². The molecule has 0 aliphatic rings. The van der Waals surface area contributed by atoms with Crippen molar-refractivity contribution in [3.63, 3.8) is 0 Å². The van der Waals surface area contributed by atoms with Crippen LogP contribution >= 0.6 is 0 Å². The molecule has 44 heavy (non-hydrogen) atoms. The number of rotatable bonds is 19. The Hall–Kier alpha value is -4.22. The van der Waals surface area contributed by atoms with Gasteiger partial charge in [-0.2, -0.15) is 0 Å². The Morgan fingerprint density at radius 1 is 0.341 bits per heavy atom. The normalized spacial score (nSPS) is 12.2. The highest BCUT2D eigenvalue weighted by molar-refractivity contribution is 4.89. The van der Waals surface area contributed by atoms with E-state index in [0.717, 1.165) is 65.9 Å². The maximum absolute atomic E-state index is 12.9. The molecule has 0 aliphatic heterocycles. The molecular formula is C32H48N6O6. The Morgan fingerprint density at radius 2 is 0.545 bits per heavy atom. The van der Waals surface area contributed by atoms with E-state index in [4.69, 9.17) is 0 Å². The first-order chi connectivity index (χ1) is 21.2. The van der Waals surface area contributed by atoms with Crippen LogP contribution in [0.15, 0.2) is 77.4 Å². The van der Waals surface area contributed by atoms with Crippen LogP contribution in [0.25, 0.3) is 0 Å². The van der Waals surface area contributed by atoms with E-state index in [9.17, 15) is 28.8 Å². The predicted molar refractivity (Wildman–Crippen MR) is 175 cm³/mol. The number of unbranched alkanes of at least 4 members (excludes halogenated alkanes) is 7. The van der Waals surface area contributed by atoms with Crippen molar-refractivity contribution < 1.29 is 0 Å². The van der Waals surface area contributed by atoms with Gasteiger partial charge in [0.15, 0.2) is 0 Å². The molecule has 0 radical (unpaired) electrons. The minimum atomic E-state index is -0.605. The lowest BCUT2D eigenvalue weighted by Gasteiger charge is -2.12. The molecule has 0 fully saturated rings. The third kappa shape index (κ3) is 9.65. The van der Waals surface area contributed by atoms with Crippen LogP contribution in [0, 0.1) is 0 Å². The second kappa shape index (κ2) is 19.1. The van der Waals surface area contributed by atoms with Gasteiger partial charge in [0.05, 0.1) is 26.2 Å². The van der Waals surface area contributed by atoms with Crippen molar-refractivity contribution in [2.75, 3.05) is 0 Å². The monoisotopic (exact) mass is 612 g/mol. The predicted octanol–water partition coefficient (Wildman–Crippen LogP) is 2.78. The van der Waals surface area contributed by atoms with Crippen LogP contribution in [0.5, 0.6) is 0 Å². The van der Waals surface area contributed by atoms with Gasteiger partial charge in [0, 0.05) is 13.1 Å². The molecule has 0 spiro atoms. The summed E-state index contributed by atoms with van der Waals surface area (Å²) in [4.78, 5) is 77.0. The van der Waals surface area contributed by atoms with Crippen molar-refractivity contribution in [2.45, 2.75) is 118 Å². The Balaban J connectivity index is 1.90. The first-order valence-corrected chi connectivity index (χ1v) is 15.6. The van der Waals surface area contributed by atoms with E-state index in [-0.39, 0.29) is 39.3 Å². The van der Waals surface area contributed by atoms with Crippen LogP contribution in [-0.2, 0) is 39.3 Å². The molecule has 0 atom stereocenters. The van der Waals surface area contributed by atoms with Gasteiger partial charge >= 0.3 is 34.1 Å². The molecule has 0 N–H and O–H groups in total. The van der Waals surface area contributed by atoms with Gasteiger partial charge in [0.25, 0.3) is 0 Å². The molecule has 0 saturated heterocycles. The minimum Gasteiger partial charge on any atom is -0.247 e. The van der Waals surface area contributed by atoms with Crippen LogP contribution < -0.4 is 34.1 Å². The number of nitrogens with zero attached hydrogens (tertiary/aromatic N) is 6. The van der Waals surface area contributed by atoms with Crippen molar-refractivity contribution in [2.24, 2.45) is 0 Å². The van der Waals surface area contributed by atoms with Crippen molar-refractivity contribution in [1.29, 1.82) is 0 Å². The molecule has 0 unspecified atom stereocenters. The van der Waals surface area contributed by atoms with Gasteiger partial charge < -0.3 is 0 Å². The van der Waals surface area contributed by atoms with Gasteiger partial charge in [-0.25, -0.2) is 56.2 Å². The third-order valence-corrected chi connectivity index (χ3v) is 7.38. The lowest BCUT2D eigenvalue weighted by molar-refractivity contribution is 0.448. The molecule has 2 heterocycles. The molecule has 2 aromatic heterocycles. The maximum Gasteiger partial charge on any atom is 0.336 e. The number of aromatic nitrogens is 6. The first kappa shape index (κ1) is 36.0. The molecule has 0 amide bonds. The molecular weight excluding hydrogens is 564 g/mol. The molecule has 12 heteroatoms. The van der Waals surface area contributed by atoms with Crippen molar-refractivity contribution in [3.05, 3.63) is 112 Å². The summed E-state index contributed by atoms with van der Waals surface area (Å²) in [5, 5.41) is 0. The molecule has 2 rings (SSSR count). The van der Waals surface area contributed by atoms with E-state index < -0.39 is 34.1 Å². The van der Waals surface area contributed by atoms with Crippen LogP contribution in [-0.4, -0.2) is 27.4 Å². The standard InChI is InChI=1S/C32H48N6O6/c1-5-9-21-33-27(39)34(22-10-6-2)30(42)37(29(33)41)25-19-17-15-13-14-16-18-20-26-38-31(43)35(23-11-7-3)28(40)36(32(38)44)24-12-8-4/h5-12H,13-26H2,1-4H3/b9-5+,10-6+,11-7+,12-8+. The van der Waals surface area contributed by atoms with Gasteiger partial charge in [0.2, 0.25) is 0 Å². The summed E-state index contributed by atoms with van der Waals surface area (Å²) >= 11 is 0. The smallest absolute Gasteiger partial charge is 0.247 e. The maximum atomic E-state index is 12.9. The number of hydrogen-bond acceptors (Lipinski definition) is 6. The highest BCUT2D eigenvalue weighted by Crippen LogP contribution is 2.09. The minimum absolute atomic E-state index is 0.116. The Morgan fingerprint density at radius 3 is 0.773 bits per heavy atom. The zero-order valence-electron chi connectivity index (χ0n) is 26.7. The topological polar surface area (TPSA) is 132 Å². The quantitative estimate of drug-likeness (QED) is 0.177. The van der Waals surface area contributed by atoms with E-state index in [1.165, 1.54) is 0 Å². The highest BCUT2D eigenvalue weighted by atomic mass is 16.2. The zero-order chi connectivity index (χ0) is 32.5. The molecule has 0 aromatic carbocycles. The fraction of sp³-hybridized carbons (Fsp3) is 0.562. The van der Waals surface area contributed by atoms with Crippen molar-refractivity contribution in [1.82, 2.24) is 27.4 Å². The van der Waals surface area contributed by atoms with Crippen molar-refractivity contribution >= 4 is 0 Å². The zero-order valence-corrected chi connectivity index (χ0v) is 26.7. The Kier molecular flexibility index (Phi) is 15.6. The summed E-state index contributed by atoms with van der Waals surface area (Å²) in [5.41, 5.74) is -3.54.